The second-order valence-corrected chi connectivity index (χ2v) is 8.45. The van der Waals surface area contributed by atoms with Gasteiger partial charge in [-0.1, -0.05) is 18.2 Å². The van der Waals surface area contributed by atoms with Gasteiger partial charge in [-0.15, -0.1) is 0 Å². The number of alkyl halides is 7. The van der Waals surface area contributed by atoms with Crippen LogP contribution in [0.2, 0.25) is 0 Å². The van der Waals surface area contributed by atoms with E-state index in [-0.39, 0.29) is 47.4 Å². The summed E-state index contributed by atoms with van der Waals surface area (Å²) in [6.45, 7) is 0.314. The second kappa shape index (κ2) is 7.99. The van der Waals surface area contributed by atoms with Gasteiger partial charge >= 0.3 is 24.0 Å². The lowest BCUT2D eigenvalue weighted by Gasteiger charge is -2.35. The molecule has 1 heterocycles. The number of carboxylic acids is 1. The first-order valence-corrected chi connectivity index (χ1v) is 10.4. The van der Waals surface area contributed by atoms with Crippen molar-refractivity contribution >= 4 is 11.9 Å². The van der Waals surface area contributed by atoms with Crippen molar-refractivity contribution < 1.29 is 45.4 Å². The van der Waals surface area contributed by atoms with Crippen molar-refractivity contribution in [1.82, 2.24) is 4.90 Å². The molecule has 4 nitrogen and oxygen atoms in total. The zero-order valence-corrected chi connectivity index (χ0v) is 17.4. The molecule has 2 aliphatic rings. The minimum Gasteiger partial charge on any atom is -0.478 e. The maximum Gasteiger partial charge on any atom is 0.435 e. The molecule has 2 aromatic carbocycles. The summed E-state index contributed by atoms with van der Waals surface area (Å²) in [5.41, 5.74) is -6.00. The highest BCUT2D eigenvalue weighted by atomic mass is 19.4. The summed E-state index contributed by atoms with van der Waals surface area (Å²) >= 11 is 0. The molecule has 0 aromatic heterocycles. The van der Waals surface area contributed by atoms with E-state index in [2.05, 4.69) is 0 Å². The van der Waals surface area contributed by atoms with Crippen molar-refractivity contribution in [2.75, 3.05) is 6.54 Å². The van der Waals surface area contributed by atoms with Crippen LogP contribution in [-0.4, -0.2) is 46.8 Å². The molecule has 2 aromatic rings. The van der Waals surface area contributed by atoms with Gasteiger partial charge in [0.25, 0.3) is 5.91 Å². The predicted molar refractivity (Wildman–Crippen MR) is 105 cm³/mol. The van der Waals surface area contributed by atoms with Gasteiger partial charge in [0.15, 0.2) is 0 Å². The summed E-state index contributed by atoms with van der Waals surface area (Å²) in [6.07, 6.45) is -11.5. The largest absolute Gasteiger partial charge is 0.478 e. The smallest absolute Gasteiger partial charge is 0.435 e. The molecule has 0 spiro atoms. The number of rotatable bonds is 3. The summed E-state index contributed by atoms with van der Waals surface area (Å²) in [5, 5.41) is 8.99. The predicted octanol–water partition coefficient (Wildman–Crippen LogP) is 5.62. The maximum atomic E-state index is 14.5. The number of hydrogen-bond acceptors (Lipinski definition) is 2. The molecule has 1 N–H and O–H groups in total. The Kier molecular flexibility index (Phi) is 5.64. The van der Waals surface area contributed by atoms with Crippen molar-refractivity contribution in [3.63, 3.8) is 0 Å². The van der Waals surface area contributed by atoms with E-state index in [1.54, 1.807) is 4.90 Å². The topological polar surface area (TPSA) is 57.6 Å². The lowest BCUT2D eigenvalue weighted by Crippen LogP contribution is -2.50. The van der Waals surface area contributed by atoms with Gasteiger partial charge in [0.1, 0.15) is 0 Å². The molecule has 1 saturated heterocycles. The van der Waals surface area contributed by atoms with Crippen LogP contribution in [0.3, 0.4) is 0 Å². The highest BCUT2D eigenvalue weighted by Gasteiger charge is 2.73. The molecule has 1 amide bonds. The highest BCUT2D eigenvalue weighted by Crippen LogP contribution is 2.54. The van der Waals surface area contributed by atoms with Gasteiger partial charge < -0.3 is 10.0 Å². The van der Waals surface area contributed by atoms with Crippen LogP contribution in [0, 0.1) is 0 Å². The monoisotopic (exact) mass is 489 g/mol. The van der Waals surface area contributed by atoms with Crippen LogP contribution in [-0.2, 0) is 12.1 Å². The fourth-order valence-electron chi connectivity index (χ4n) is 4.94. The van der Waals surface area contributed by atoms with E-state index in [9.17, 15) is 40.3 Å². The van der Waals surface area contributed by atoms with Crippen LogP contribution in [0.4, 0.5) is 30.7 Å². The fourth-order valence-corrected chi connectivity index (χ4v) is 4.94. The zero-order chi connectivity index (χ0) is 25.1. The Bertz CT molecular complexity index is 1110. The number of benzene rings is 2. The Hall–Kier alpha value is -3.11. The molecule has 1 aliphatic carbocycles. The average molecular weight is 489 g/mol. The first-order chi connectivity index (χ1) is 15.8. The van der Waals surface area contributed by atoms with Gasteiger partial charge in [0.05, 0.1) is 5.56 Å². The maximum absolute atomic E-state index is 14.5. The Morgan fingerprint density at radius 1 is 0.853 bits per heavy atom. The summed E-state index contributed by atoms with van der Waals surface area (Å²) in [5.74, 6) is -1.80. The van der Waals surface area contributed by atoms with Crippen LogP contribution >= 0.6 is 0 Å². The Balaban J connectivity index is 1.61. The van der Waals surface area contributed by atoms with E-state index >= 15 is 0 Å². The molecule has 0 unspecified atom stereocenters. The SMILES string of the molecule is O=C(O)c1ccc(C(=O)N2CC[C@H]3c4ccc(C(F)(C(F)(F)F)C(F)(F)F)cc4CC[C@H]32)cc1. The molecule has 1 fully saturated rings. The molecular formula is C23H18F7NO3. The van der Waals surface area contributed by atoms with Crippen LogP contribution in [0.1, 0.15) is 56.2 Å². The number of carbonyl (C=O) groups excluding carboxylic acids is 1. The normalized spacial score (nSPS) is 20.6. The summed E-state index contributed by atoms with van der Waals surface area (Å²) in [7, 11) is 0. The summed E-state index contributed by atoms with van der Waals surface area (Å²) in [6, 6.07) is 7.30. The molecule has 11 heteroatoms. The van der Waals surface area contributed by atoms with Gasteiger partial charge in [-0.25, -0.2) is 9.18 Å². The van der Waals surface area contributed by atoms with E-state index in [0.717, 1.165) is 6.07 Å². The number of carbonyl (C=O) groups is 2. The fraction of sp³-hybridized carbons (Fsp3) is 0.391. The van der Waals surface area contributed by atoms with E-state index < -0.39 is 29.6 Å². The van der Waals surface area contributed by atoms with E-state index in [1.807, 2.05) is 0 Å². The van der Waals surface area contributed by atoms with E-state index in [0.29, 0.717) is 30.7 Å². The number of halogens is 7. The lowest BCUT2D eigenvalue weighted by atomic mass is 9.77. The minimum atomic E-state index is -6.18. The number of fused-ring (bicyclic) bond motifs is 3. The van der Waals surface area contributed by atoms with E-state index in [4.69, 9.17) is 5.11 Å². The van der Waals surface area contributed by atoms with Gasteiger partial charge in [0.2, 0.25) is 0 Å². The van der Waals surface area contributed by atoms with Crippen molar-refractivity contribution in [2.45, 2.75) is 49.2 Å². The van der Waals surface area contributed by atoms with E-state index in [1.165, 1.54) is 24.3 Å². The van der Waals surface area contributed by atoms with Crippen LogP contribution in [0.15, 0.2) is 42.5 Å². The first-order valence-electron chi connectivity index (χ1n) is 10.4. The third-order valence-electron chi connectivity index (χ3n) is 6.62. The first kappa shape index (κ1) is 24.0. The third-order valence-corrected chi connectivity index (χ3v) is 6.62. The van der Waals surface area contributed by atoms with Gasteiger partial charge in [0, 0.05) is 29.6 Å². The van der Waals surface area contributed by atoms with Gasteiger partial charge in [-0.3, -0.25) is 4.79 Å². The molecule has 0 radical (unpaired) electrons. The lowest BCUT2D eigenvalue weighted by molar-refractivity contribution is -0.348. The zero-order valence-electron chi connectivity index (χ0n) is 17.4. The van der Waals surface area contributed by atoms with Crippen molar-refractivity contribution in [3.8, 4) is 0 Å². The molecule has 34 heavy (non-hydrogen) atoms. The number of carboxylic acid groups (broad SMARTS) is 1. The molecule has 0 bridgehead atoms. The Morgan fingerprint density at radius 3 is 2.00 bits per heavy atom. The number of likely N-dealkylation sites (tertiary alicyclic amines) is 1. The van der Waals surface area contributed by atoms with Crippen LogP contribution in [0.25, 0.3) is 0 Å². The minimum absolute atomic E-state index is 0.0138. The molecule has 182 valence electrons. The quantitative estimate of drug-likeness (QED) is 0.570. The standard InChI is InChI=1S/C23H18F7NO3/c24-21(22(25,26)27,23(28,29)30)15-6-7-16-14(11-15)5-8-18-17(16)9-10-31(18)19(32)12-1-3-13(4-2-12)20(33)34/h1-4,6-7,11,17-18H,5,8-10H2,(H,33,34)/t17-,18+/m0/s1. The molecule has 2 atom stereocenters. The van der Waals surface area contributed by atoms with Crippen molar-refractivity contribution in [3.05, 3.63) is 70.3 Å². The molecule has 4 rings (SSSR count). The van der Waals surface area contributed by atoms with Crippen LogP contribution < -0.4 is 0 Å². The Labute approximate surface area is 189 Å². The number of hydrogen-bond donors (Lipinski definition) is 1. The highest BCUT2D eigenvalue weighted by molar-refractivity contribution is 5.96. The summed E-state index contributed by atoms with van der Waals surface area (Å²) < 4.78 is 93.3. The van der Waals surface area contributed by atoms with Crippen molar-refractivity contribution in [1.29, 1.82) is 0 Å². The van der Waals surface area contributed by atoms with Crippen molar-refractivity contribution in [2.24, 2.45) is 0 Å². The number of aromatic carboxylic acids is 1. The summed E-state index contributed by atoms with van der Waals surface area (Å²) in [4.78, 5) is 25.6. The number of amides is 1. The van der Waals surface area contributed by atoms with Crippen LogP contribution in [0.5, 0.6) is 0 Å². The third kappa shape index (κ3) is 3.70. The number of aryl methyl sites for hydroxylation is 1. The number of nitrogens with zero attached hydrogens (tertiary/aromatic N) is 1. The molecular weight excluding hydrogens is 471 g/mol. The average Bonchev–Trinajstić information content (AvgIpc) is 3.20. The molecule has 0 saturated carbocycles. The van der Waals surface area contributed by atoms with Gasteiger partial charge in [-0.2, -0.15) is 26.3 Å². The second-order valence-electron chi connectivity index (χ2n) is 8.45. The Morgan fingerprint density at radius 2 is 1.44 bits per heavy atom. The molecule has 1 aliphatic heterocycles. The van der Waals surface area contributed by atoms with Gasteiger partial charge in [-0.05, 0) is 54.7 Å².